The monoisotopic (exact) mass is 421 g/mol. The summed E-state index contributed by atoms with van der Waals surface area (Å²) in [4.78, 5) is 26.9. The van der Waals surface area contributed by atoms with Gasteiger partial charge in [-0.1, -0.05) is 0 Å². The van der Waals surface area contributed by atoms with Crippen LogP contribution in [0.3, 0.4) is 0 Å². The molecule has 0 saturated carbocycles. The molecule has 0 fully saturated rings. The Bertz CT molecular complexity index is 1060. The summed E-state index contributed by atoms with van der Waals surface area (Å²) in [5.74, 6) is 0.857. The average Bonchev–Trinajstić information content (AvgIpc) is 3.05. The summed E-state index contributed by atoms with van der Waals surface area (Å²) in [6.07, 6.45) is -2.19. The average molecular weight is 421 g/mol. The molecule has 0 aliphatic carbocycles. The SMILES string of the molecule is CN(C)c1ncnc2sc3c(c12)CCN(C(=O)Nc1ccc(C(F)(F)F)cc1)C3. The van der Waals surface area contributed by atoms with Gasteiger partial charge in [-0.3, -0.25) is 0 Å². The molecule has 152 valence electrons. The van der Waals surface area contributed by atoms with Gasteiger partial charge in [0.25, 0.3) is 0 Å². The van der Waals surface area contributed by atoms with E-state index in [0.717, 1.165) is 38.6 Å². The van der Waals surface area contributed by atoms with Crippen molar-refractivity contribution in [1.29, 1.82) is 0 Å². The lowest BCUT2D eigenvalue weighted by Gasteiger charge is -2.27. The second-order valence-electron chi connectivity index (χ2n) is 6.95. The fourth-order valence-electron chi connectivity index (χ4n) is 3.37. The van der Waals surface area contributed by atoms with Crippen LogP contribution in [0.2, 0.25) is 0 Å². The second-order valence-corrected chi connectivity index (χ2v) is 8.04. The van der Waals surface area contributed by atoms with Gasteiger partial charge in [0.15, 0.2) is 0 Å². The molecule has 0 atom stereocenters. The highest BCUT2D eigenvalue weighted by Gasteiger charge is 2.30. The molecule has 4 rings (SSSR count). The normalized spacial score (nSPS) is 14.0. The molecule has 0 bridgehead atoms. The Balaban J connectivity index is 1.52. The lowest BCUT2D eigenvalue weighted by molar-refractivity contribution is -0.137. The summed E-state index contributed by atoms with van der Waals surface area (Å²) in [5.41, 5.74) is 0.736. The Kier molecular flexibility index (Phi) is 4.81. The zero-order valence-corrected chi connectivity index (χ0v) is 16.6. The number of thiophene rings is 1. The first-order chi connectivity index (χ1) is 13.7. The molecule has 2 aromatic heterocycles. The zero-order chi connectivity index (χ0) is 20.8. The topological polar surface area (TPSA) is 61.4 Å². The molecule has 1 aliphatic rings. The number of aromatic nitrogens is 2. The Hall–Kier alpha value is -2.88. The summed E-state index contributed by atoms with van der Waals surface area (Å²) < 4.78 is 38.0. The van der Waals surface area contributed by atoms with E-state index >= 15 is 0 Å². The Labute approximate surface area is 169 Å². The molecule has 3 heterocycles. The number of nitrogens with zero attached hydrogens (tertiary/aromatic N) is 4. The van der Waals surface area contributed by atoms with E-state index in [1.165, 1.54) is 29.8 Å². The van der Waals surface area contributed by atoms with Crippen molar-refractivity contribution in [2.24, 2.45) is 0 Å². The number of amides is 2. The van der Waals surface area contributed by atoms with Crippen molar-refractivity contribution in [2.45, 2.75) is 19.1 Å². The molecule has 0 saturated heterocycles. The third-order valence-corrected chi connectivity index (χ3v) is 5.92. The minimum absolute atomic E-state index is 0.325. The van der Waals surface area contributed by atoms with Gasteiger partial charge >= 0.3 is 12.2 Å². The summed E-state index contributed by atoms with van der Waals surface area (Å²) in [7, 11) is 3.86. The van der Waals surface area contributed by atoms with Gasteiger partial charge in [0.05, 0.1) is 17.5 Å². The molecule has 29 heavy (non-hydrogen) atoms. The minimum Gasteiger partial charge on any atom is -0.362 e. The predicted octanol–water partition coefficient (Wildman–Crippen LogP) is 4.37. The molecule has 6 nitrogen and oxygen atoms in total. The van der Waals surface area contributed by atoms with Crippen LogP contribution >= 0.6 is 11.3 Å². The predicted molar refractivity (Wildman–Crippen MR) is 106 cm³/mol. The number of carbonyl (C=O) groups is 1. The first-order valence-electron chi connectivity index (χ1n) is 8.90. The molecule has 2 amide bonds. The van der Waals surface area contributed by atoms with Crippen molar-refractivity contribution in [3.63, 3.8) is 0 Å². The number of anilines is 2. The summed E-state index contributed by atoms with van der Waals surface area (Å²) in [5, 5.41) is 3.70. The van der Waals surface area contributed by atoms with Crippen LogP contribution in [0.1, 0.15) is 16.0 Å². The highest BCUT2D eigenvalue weighted by Crippen LogP contribution is 2.38. The third-order valence-electron chi connectivity index (χ3n) is 4.79. The summed E-state index contributed by atoms with van der Waals surface area (Å²) >= 11 is 1.54. The van der Waals surface area contributed by atoms with Crippen molar-refractivity contribution in [3.8, 4) is 0 Å². The molecule has 0 radical (unpaired) electrons. The molecule has 3 aromatic rings. The molecule has 0 spiro atoms. The van der Waals surface area contributed by atoms with Gasteiger partial charge in [-0.05, 0) is 36.2 Å². The van der Waals surface area contributed by atoms with Gasteiger partial charge in [0, 0.05) is 31.2 Å². The molecule has 1 aromatic carbocycles. The number of rotatable bonds is 2. The number of nitrogens with one attached hydrogen (secondary N) is 1. The van der Waals surface area contributed by atoms with Crippen LogP contribution in [0.4, 0.5) is 29.5 Å². The van der Waals surface area contributed by atoms with Crippen molar-refractivity contribution < 1.29 is 18.0 Å². The van der Waals surface area contributed by atoms with E-state index < -0.39 is 11.7 Å². The third kappa shape index (κ3) is 3.71. The number of benzene rings is 1. The maximum Gasteiger partial charge on any atom is 0.416 e. The van der Waals surface area contributed by atoms with Crippen LogP contribution in [0.25, 0.3) is 10.2 Å². The molecular weight excluding hydrogens is 403 g/mol. The van der Waals surface area contributed by atoms with Crippen LogP contribution in [0.5, 0.6) is 0 Å². The van der Waals surface area contributed by atoms with Gasteiger partial charge < -0.3 is 15.1 Å². The number of halogens is 3. The highest BCUT2D eigenvalue weighted by atomic mass is 32.1. The van der Waals surface area contributed by atoms with Crippen LogP contribution < -0.4 is 10.2 Å². The van der Waals surface area contributed by atoms with E-state index in [4.69, 9.17) is 0 Å². The number of hydrogen-bond donors (Lipinski definition) is 1. The second kappa shape index (κ2) is 7.18. The number of alkyl halides is 3. The van der Waals surface area contributed by atoms with E-state index in [0.29, 0.717) is 25.2 Å². The maximum absolute atomic E-state index is 12.7. The number of carbonyl (C=O) groups excluding carboxylic acids is 1. The molecule has 10 heteroatoms. The molecule has 1 N–H and O–H groups in total. The van der Waals surface area contributed by atoms with Crippen LogP contribution in [-0.4, -0.2) is 41.5 Å². The maximum atomic E-state index is 12.7. The van der Waals surface area contributed by atoms with E-state index in [9.17, 15) is 18.0 Å². The first-order valence-corrected chi connectivity index (χ1v) is 9.71. The Morgan fingerprint density at radius 3 is 2.59 bits per heavy atom. The van der Waals surface area contributed by atoms with Gasteiger partial charge in [0.1, 0.15) is 17.0 Å². The smallest absolute Gasteiger partial charge is 0.362 e. The Morgan fingerprint density at radius 2 is 1.93 bits per heavy atom. The van der Waals surface area contributed by atoms with Gasteiger partial charge in [-0.2, -0.15) is 13.2 Å². The largest absolute Gasteiger partial charge is 0.416 e. The molecule has 0 unspecified atom stereocenters. The fraction of sp³-hybridized carbons (Fsp3) is 0.316. The molecule has 1 aliphatic heterocycles. The minimum atomic E-state index is -4.40. The summed E-state index contributed by atoms with van der Waals surface area (Å²) in [6.45, 7) is 0.933. The quantitative estimate of drug-likeness (QED) is 0.668. The van der Waals surface area contributed by atoms with Crippen LogP contribution in [-0.2, 0) is 19.1 Å². The van der Waals surface area contributed by atoms with E-state index in [1.807, 2.05) is 19.0 Å². The molecular formula is C19H18F3N5OS. The van der Waals surface area contributed by atoms with Gasteiger partial charge in [0.2, 0.25) is 0 Å². The lowest BCUT2D eigenvalue weighted by atomic mass is 10.1. The van der Waals surface area contributed by atoms with Gasteiger partial charge in [-0.15, -0.1) is 11.3 Å². The van der Waals surface area contributed by atoms with Crippen molar-refractivity contribution >= 4 is 39.1 Å². The highest BCUT2D eigenvalue weighted by molar-refractivity contribution is 7.19. The Morgan fingerprint density at radius 1 is 1.21 bits per heavy atom. The number of urea groups is 1. The van der Waals surface area contributed by atoms with Crippen molar-refractivity contribution in [1.82, 2.24) is 14.9 Å². The zero-order valence-electron chi connectivity index (χ0n) is 15.7. The van der Waals surface area contributed by atoms with E-state index in [-0.39, 0.29) is 6.03 Å². The van der Waals surface area contributed by atoms with E-state index in [1.54, 1.807) is 4.90 Å². The number of fused-ring (bicyclic) bond motifs is 3. The van der Waals surface area contributed by atoms with Crippen LogP contribution in [0, 0.1) is 0 Å². The standard InChI is InChI=1S/C19H18F3N5OS/c1-26(2)16-15-13-7-8-27(9-14(13)29-17(15)24-10-23-16)18(28)25-12-5-3-11(4-6-12)19(20,21)22/h3-6,10H,7-9H2,1-2H3,(H,25,28). The first kappa shape index (κ1) is 19.4. The summed E-state index contributed by atoms with van der Waals surface area (Å²) in [6, 6.07) is 4.09. The number of hydrogen-bond acceptors (Lipinski definition) is 5. The fourth-order valence-corrected chi connectivity index (χ4v) is 4.57. The lowest BCUT2D eigenvalue weighted by Crippen LogP contribution is -2.38. The van der Waals surface area contributed by atoms with Crippen LogP contribution in [0.15, 0.2) is 30.6 Å². The van der Waals surface area contributed by atoms with Crippen molar-refractivity contribution in [2.75, 3.05) is 30.9 Å². The van der Waals surface area contributed by atoms with E-state index in [2.05, 4.69) is 15.3 Å². The van der Waals surface area contributed by atoms with Gasteiger partial charge in [-0.25, -0.2) is 14.8 Å². The van der Waals surface area contributed by atoms with Crippen molar-refractivity contribution in [3.05, 3.63) is 46.6 Å².